The fourth-order valence-corrected chi connectivity index (χ4v) is 2.76. The third-order valence-corrected chi connectivity index (χ3v) is 5.00. The number of hydrogen-bond donors (Lipinski definition) is 0. The molecule has 3 aromatic rings. The van der Waals surface area contributed by atoms with E-state index in [4.69, 9.17) is 9.15 Å². The van der Waals surface area contributed by atoms with E-state index in [-0.39, 0.29) is 0 Å². The maximum absolute atomic E-state index is 5.74. The summed E-state index contributed by atoms with van der Waals surface area (Å²) in [7, 11) is 1.65. The molecule has 2 aromatic heterocycles. The van der Waals surface area contributed by atoms with E-state index < -0.39 is 0 Å². The van der Waals surface area contributed by atoms with Gasteiger partial charge in [-0.2, -0.15) is 5.10 Å². The van der Waals surface area contributed by atoms with Gasteiger partial charge in [0.1, 0.15) is 5.75 Å². The lowest BCUT2D eigenvalue weighted by Gasteiger charge is -2.02. The molecule has 0 saturated heterocycles. The van der Waals surface area contributed by atoms with Crippen molar-refractivity contribution >= 4 is 15.9 Å². The summed E-state index contributed by atoms with van der Waals surface area (Å²) in [5.74, 6) is 2.08. The standard InChI is InChI=1S/C17H19BrN4O2/c1-11-17(18)12(2)22(21-11)9-8-15-19-20-16(24-15)10-13-4-6-14(23-3)7-5-13/h4-7H,8-10H2,1-3H3. The molecule has 24 heavy (non-hydrogen) atoms. The third kappa shape index (κ3) is 3.67. The second-order valence-corrected chi connectivity index (χ2v) is 6.37. The van der Waals surface area contributed by atoms with Crippen LogP contribution in [0.4, 0.5) is 0 Å². The van der Waals surface area contributed by atoms with E-state index in [1.807, 2.05) is 42.8 Å². The van der Waals surface area contributed by atoms with Crippen molar-refractivity contribution in [2.75, 3.05) is 7.11 Å². The van der Waals surface area contributed by atoms with E-state index in [9.17, 15) is 0 Å². The first-order valence-corrected chi connectivity index (χ1v) is 8.50. The molecule has 3 rings (SSSR count). The number of halogens is 1. The minimum atomic E-state index is 0.614. The molecule has 0 amide bonds. The van der Waals surface area contributed by atoms with Gasteiger partial charge in [-0.15, -0.1) is 10.2 Å². The van der Waals surface area contributed by atoms with Crippen LogP contribution in [0.2, 0.25) is 0 Å². The monoisotopic (exact) mass is 390 g/mol. The minimum Gasteiger partial charge on any atom is -0.497 e. The first kappa shape index (κ1) is 16.7. The van der Waals surface area contributed by atoms with Gasteiger partial charge in [0, 0.05) is 18.7 Å². The molecule has 0 aliphatic carbocycles. The first-order chi connectivity index (χ1) is 11.6. The molecule has 0 bridgehead atoms. The Morgan fingerprint density at radius 3 is 2.46 bits per heavy atom. The average molecular weight is 391 g/mol. The summed E-state index contributed by atoms with van der Waals surface area (Å²) in [6, 6.07) is 7.84. The van der Waals surface area contributed by atoms with Crippen LogP contribution >= 0.6 is 15.9 Å². The summed E-state index contributed by atoms with van der Waals surface area (Å²) in [6.45, 7) is 4.72. The lowest BCUT2D eigenvalue weighted by Crippen LogP contribution is -2.05. The van der Waals surface area contributed by atoms with Crippen molar-refractivity contribution in [1.29, 1.82) is 0 Å². The molecule has 0 fully saturated rings. The Hall–Kier alpha value is -2.15. The summed E-state index contributed by atoms with van der Waals surface area (Å²) in [5, 5.41) is 12.7. The van der Waals surface area contributed by atoms with E-state index in [1.54, 1.807) is 7.11 Å². The molecule has 0 aliphatic heterocycles. The highest BCUT2D eigenvalue weighted by atomic mass is 79.9. The van der Waals surface area contributed by atoms with Gasteiger partial charge in [0.15, 0.2) is 0 Å². The number of ether oxygens (including phenoxy) is 1. The predicted octanol–water partition coefficient (Wildman–Crippen LogP) is 3.49. The summed E-state index contributed by atoms with van der Waals surface area (Å²) in [4.78, 5) is 0. The Kier molecular flexibility index (Phi) is 4.99. The Bertz CT molecular complexity index is 824. The predicted molar refractivity (Wildman–Crippen MR) is 93.2 cm³/mol. The topological polar surface area (TPSA) is 66.0 Å². The zero-order chi connectivity index (χ0) is 17.1. The van der Waals surface area contributed by atoms with Gasteiger partial charge >= 0.3 is 0 Å². The highest BCUT2D eigenvalue weighted by molar-refractivity contribution is 9.10. The van der Waals surface area contributed by atoms with E-state index in [1.165, 1.54) is 0 Å². The Morgan fingerprint density at radius 1 is 1.12 bits per heavy atom. The van der Waals surface area contributed by atoms with E-state index in [0.29, 0.717) is 31.2 Å². The smallest absolute Gasteiger partial charge is 0.220 e. The molecule has 2 heterocycles. The van der Waals surface area contributed by atoms with Crippen LogP contribution in [0, 0.1) is 13.8 Å². The van der Waals surface area contributed by atoms with Gasteiger partial charge in [-0.05, 0) is 47.5 Å². The zero-order valence-electron chi connectivity index (χ0n) is 13.9. The van der Waals surface area contributed by atoms with Crippen molar-refractivity contribution in [2.45, 2.75) is 33.2 Å². The van der Waals surface area contributed by atoms with Crippen molar-refractivity contribution in [2.24, 2.45) is 0 Å². The number of hydrogen-bond acceptors (Lipinski definition) is 5. The second-order valence-electron chi connectivity index (χ2n) is 5.57. The van der Waals surface area contributed by atoms with Crippen molar-refractivity contribution < 1.29 is 9.15 Å². The molecule has 0 spiro atoms. The van der Waals surface area contributed by atoms with Crippen LogP contribution in [0.3, 0.4) is 0 Å². The van der Waals surface area contributed by atoms with Crippen molar-refractivity contribution in [3.05, 3.63) is 57.5 Å². The van der Waals surface area contributed by atoms with Gasteiger partial charge in [-0.25, -0.2) is 0 Å². The first-order valence-electron chi connectivity index (χ1n) is 7.70. The van der Waals surface area contributed by atoms with E-state index >= 15 is 0 Å². The summed E-state index contributed by atoms with van der Waals surface area (Å²) in [6.07, 6.45) is 1.27. The lowest BCUT2D eigenvalue weighted by molar-refractivity contribution is 0.414. The average Bonchev–Trinajstić information content (AvgIpc) is 3.14. The quantitative estimate of drug-likeness (QED) is 0.644. The fraction of sp³-hybridized carbons (Fsp3) is 0.353. The van der Waals surface area contributed by atoms with Gasteiger partial charge in [0.2, 0.25) is 11.8 Å². The van der Waals surface area contributed by atoms with Crippen LogP contribution in [-0.2, 0) is 19.4 Å². The molecule has 7 heteroatoms. The summed E-state index contributed by atoms with van der Waals surface area (Å²) < 4.78 is 13.9. The normalized spacial score (nSPS) is 11.0. The van der Waals surface area contributed by atoms with Crippen LogP contribution in [-0.4, -0.2) is 27.1 Å². The van der Waals surface area contributed by atoms with Gasteiger partial charge in [0.25, 0.3) is 0 Å². The number of methoxy groups -OCH3 is 1. The Labute approximate surface area is 149 Å². The molecule has 0 radical (unpaired) electrons. The zero-order valence-corrected chi connectivity index (χ0v) is 15.5. The number of benzene rings is 1. The fourth-order valence-electron chi connectivity index (χ4n) is 2.47. The van der Waals surface area contributed by atoms with Crippen molar-refractivity contribution in [3.8, 4) is 5.75 Å². The number of aromatic nitrogens is 4. The maximum atomic E-state index is 5.74. The molecule has 1 aromatic carbocycles. The van der Waals surface area contributed by atoms with Gasteiger partial charge in [-0.1, -0.05) is 12.1 Å². The van der Waals surface area contributed by atoms with Crippen LogP contribution < -0.4 is 4.74 Å². The van der Waals surface area contributed by atoms with Crippen LogP contribution in [0.1, 0.15) is 28.7 Å². The molecule has 0 unspecified atom stereocenters. The number of aryl methyl sites for hydroxylation is 3. The molecule has 126 valence electrons. The molecular formula is C17H19BrN4O2. The third-order valence-electron chi connectivity index (χ3n) is 3.85. The summed E-state index contributed by atoms with van der Waals surface area (Å²) in [5.41, 5.74) is 3.19. The second kappa shape index (κ2) is 7.17. The molecular weight excluding hydrogens is 372 g/mol. The maximum Gasteiger partial charge on any atom is 0.220 e. The number of rotatable bonds is 6. The Morgan fingerprint density at radius 2 is 1.83 bits per heavy atom. The van der Waals surface area contributed by atoms with Crippen LogP contribution in [0.15, 0.2) is 33.2 Å². The molecule has 6 nitrogen and oxygen atoms in total. The number of nitrogens with zero attached hydrogens (tertiary/aromatic N) is 4. The summed E-state index contributed by atoms with van der Waals surface area (Å²) >= 11 is 3.53. The van der Waals surface area contributed by atoms with Crippen LogP contribution in [0.25, 0.3) is 0 Å². The van der Waals surface area contributed by atoms with Crippen molar-refractivity contribution in [1.82, 2.24) is 20.0 Å². The van der Waals surface area contributed by atoms with Gasteiger partial charge in [0.05, 0.1) is 23.7 Å². The lowest BCUT2D eigenvalue weighted by atomic mass is 10.1. The SMILES string of the molecule is COc1ccc(Cc2nnc(CCn3nc(C)c(Br)c3C)o2)cc1. The Balaban J connectivity index is 1.61. The molecule has 0 atom stereocenters. The minimum absolute atomic E-state index is 0.614. The highest BCUT2D eigenvalue weighted by Crippen LogP contribution is 2.20. The van der Waals surface area contributed by atoms with Gasteiger partial charge in [-0.3, -0.25) is 4.68 Å². The largest absolute Gasteiger partial charge is 0.497 e. The van der Waals surface area contributed by atoms with Crippen LogP contribution in [0.5, 0.6) is 5.75 Å². The molecule has 0 aliphatic rings. The molecule has 0 N–H and O–H groups in total. The van der Waals surface area contributed by atoms with Gasteiger partial charge < -0.3 is 9.15 Å². The molecule has 0 saturated carbocycles. The van der Waals surface area contributed by atoms with E-state index in [2.05, 4.69) is 31.2 Å². The van der Waals surface area contributed by atoms with E-state index in [0.717, 1.165) is 27.2 Å². The highest BCUT2D eigenvalue weighted by Gasteiger charge is 2.11. The van der Waals surface area contributed by atoms with Crippen molar-refractivity contribution in [3.63, 3.8) is 0 Å².